The number of hydrogen-bond acceptors (Lipinski definition) is 4. The lowest BCUT2D eigenvalue weighted by molar-refractivity contribution is -0.116. The molecule has 0 aliphatic carbocycles. The number of nitrogens with one attached hydrogen (secondary N) is 1. The molecule has 0 aliphatic heterocycles. The van der Waals surface area contributed by atoms with Gasteiger partial charge in [-0.2, -0.15) is 0 Å². The molecule has 0 saturated carbocycles. The smallest absolute Gasteiger partial charge is 0.341 e. The van der Waals surface area contributed by atoms with Gasteiger partial charge in [-0.15, -0.1) is 0 Å². The van der Waals surface area contributed by atoms with E-state index >= 15 is 0 Å². The highest BCUT2D eigenvalue weighted by Gasteiger charge is 2.34. The topological polar surface area (TPSA) is 75.7 Å². The number of amides is 2. The van der Waals surface area contributed by atoms with Gasteiger partial charge in [0.25, 0.3) is 0 Å². The van der Waals surface area contributed by atoms with Gasteiger partial charge in [-0.05, 0) is 124 Å². The minimum Gasteiger partial charge on any atom is -0.451 e. The quantitative estimate of drug-likeness (QED) is 0.109. The Bertz CT molecular complexity index is 1620. The Hall–Kier alpha value is -2.17. The molecule has 6 nitrogen and oxygen atoms in total. The van der Waals surface area contributed by atoms with Crippen LogP contribution in [-0.4, -0.2) is 24.8 Å². The van der Waals surface area contributed by atoms with E-state index in [0.717, 1.165) is 10.5 Å². The number of rotatable bonds is 8. The predicted molar refractivity (Wildman–Crippen MR) is 198 cm³/mol. The van der Waals surface area contributed by atoms with Crippen LogP contribution in [0.4, 0.5) is 11.4 Å². The monoisotopic (exact) mass is 931 g/mol. The van der Waals surface area contributed by atoms with Gasteiger partial charge >= 0.3 is 5.97 Å². The molecule has 0 radical (unpaired) electrons. The maximum atomic E-state index is 13.9. The standard InChI is InChI=1S/C33H29I3N2O4S/c1-20(39)37-30-27(34)26(28(35)31(29(30)36)38(5)21(2)40)32(41)42-33(3,4)22-16-18-25(19-17-22)43(23-12-8-6-9-13-23)24-14-10-7-11-15-24/h6-19H,1-5H3/p+1. The molecule has 0 heterocycles. The van der Waals surface area contributed by atoms with Crippen LogP contribution in [0.25, 0.3) is 0 Å². The van der Waals surface area contributed by atoms with E-state index in [-0.39, 0.29) is 22.7 Å². The van der Waals surface area contributed by atoms with Gasteiger partial charge in [0, 0.05) is 20.9 Å². The van der Waals surface area contributed by atoms with Crippen molar-refractivity contribution < 1.29 is 19.1 Å². The van der Waals surface area contributed by atoms with Crippen molar-refractivity contribution in [3.05, 3.63) is 107 Å². The fourth-order valence-corrected chi connectivity index (χ4v) is 11.1. The Labute approximate surface area is 296 Å². The van der Waals surface area contributed by atoms with Crippen LogP contribution in [0.5, 0.6) is 0 Å². The third-order valence-electron chi connectivity index (χ3n) is 6.70. The summed E-state index contributed by atoms with van der Waals surface area (Å²) in [7, 11) is 1.35. The van der Waals surface area contributed by atoms with Gasteiger partial charge < -0.3 is 15.0 Å². The summed E-state index contributed by atoms with van der Waals surface area (Å²) in [5.41, 5.74) is 1.19. The number of carbonyl (C=O) groups excluding carboxylic acids is 3. The summed E-state index contributed by atoms with van der Waals surface area (Å²) in [4.78, 5) is 43.3. The van der Waals surface area contributed by atoms with Crippen LogP contribution in [0.15, 0.2) is 99.6 Å². The lowest BCUT2D eigenvalue weighted by Crippen LogP contribution is -2.29. The summed E-state index contributed by atoms with van der Waals surface area (Å²) >= 11 is 6.24. The molecule has 4 aromatic carbocycles. The van der Waals surface area contributed by atoms with E-state index in [0.29, 0.717) is 27.6 Å². The molecular formula is C33H30I3N2O4S+. The van der Waals surface area contributed by atoms with E-state index < -0.39 is 11.6 Å². The minimum absolute atomic E-state index is 0.199. The van der Waals surface area contributed by atoms with Gasteiger partial charge in [0.2, 0.25) is 11.8 Å². The van der Waals surface area contributed by atoms with Crippen LogP contribution >= 0.6 is 67.8 Å². The average Bonchev–Trinajstić information content (AvgIpc) is 2.96. The number of ether oxygens (including phenoxy) is 1. The third-order valence-corrected chi connectivity index (χ3v) is 12.1. The highest BCUT2D eigenvalue weighted by molar-refractivity contribution is 14.1. The number of benzene rings is 4. The molecule has 0 unspecified atom stereocenters. The molecule has 0 bridgehead atoms. The summed E-state index contributed by atoms with van der Waals surface area (Å²) in [6.07, 6.45) is 0. The van der Waals surface area contributed by atoms with Gasteiger partial charge in [0.05, 0.1) is 38.5 Å². The molecule has 0 aromatic heterocycles. The molecule has 222 valence electrons. The fraction of sp³-hybridized carbons (Fsp3) is 0.182. The first-order chi connectivity index (χ1) is 20.3. The molecule has 1 N–H and O–H groups in total. The summed E-state index contributed by atoms with van der Waals surface area (Å²) in [6.45, 7) is 6.58. The van der Waals surface area contributed by atoms with Gasteiger partial charge in [0.1, 0.15) is 5.60 Å². The van der Waals surface area contributed by atoms with E-state index in [9.17, 15) is 14.4 Å². The third kappa shape index (κ3) is 7.56. The van der Waals surface area contributed by atoms with E-state index in [4.69, 9.17) is 4.74 Å². The largest absolute Gasteiger partial charge is 0.451 e. The minimum atomic E-state index is -0.969. The van der Waals surface area contributed by atoms with Gasteiger partial charge in [-0.25, -0.2) is 4.79 Å². The van der Waals surface area contributed by atoms with Crippen molar-refractivity contribution in [3.8, 4) is 0 Å². The summed E-state index contributed by atoms with van der Waals surface area (Å²) in [6, 6.07) is 29.1. The Morgan fingerprint density at radius 3 is 1.70 bits per heavy atom. The maximum absolute atomic E-state index is 13.9. The van der Waals surface area contributed by atoms with Crippen molar-refractivity contribution in [2.45, 2.75) is 48.0 Å². The van der Waals surface area contributed by atoms with Crippen molar-refractivity contribution in [1.82, 2.24) is 0 Å². The molecule has 0 atom stereocenters. The highest BCUT2D eigenvalue weighted by atomic mass is 127. The first-order valence-corrected chi connectivity index (χ1v) is 17.7. The molecule has 10 heteroatoms. The second-order valence-corrected chi connectivity index (χ2v) is 15.4. The summed E-state index contributed by atoms with van der Waals surface area (Å²) < 4.78 is 7.96. The highest BCUT2D eigenvalue weighted by Crippen LogP contribution is 2.42. The van der Waals surface area contributed by atoms with E-state index in [2.05, 4.69) is 134 Å². The summed E-state index contributed by atoms with van der Waals surface area (Å²) in [5, 5.41) is 2.83. The number of carbonyl (C=O) groups is 3. The lowest BCUT2D eigenvalue weighted by atomic mass is 9.98. The summed E-state index contributed by atoms with van der Waals surface area (Å²) in [5.74, 6) is -1.02. The van der Waals surface area contributed by atoms with Crippen molar-refractivity contribution in [3.63, 3.8) is 0 Å². The first-order valence-electron chi connectivity index (χ1n) is 13.2. The number of esters is 1. The molecule has 2 amide bonds. The average molecular weight is 931 g/mol. The number of nitrogens with zero attached hydrogens (tertiary/aromatic N) is 1. The molecule has 0 saturated heterocycles. The zero-order valence-electron chi connectivity index (χ0n) is 24.2. The number of hydrogen-bond donors (Lipinski definition) is 1. The Kier molecular flexibility index (Phi) is 11.2. The van der Waals surface area contributed by atoms with Crippen LogP contribution in [-0.2, 0) is 30.8 Å². The molecule has 0 spiro atoms. The van der Waals surface area contributed by atoms with Crippen molar-refractivity contribution in [2.24, 2.45) is 0 Å². The number of anilines is 2. The Morgan fingerprint density at radius 2 is 1.23 bits per heavy atom. The second kappa shape index (κ2) is 14.3. The Morgan fingerprint density at radius 1 is 0.744 bits per heavy atom. The van der Waals surface area contributed by atoms with E-state index in [1.54, 1.807) is 7.05 Å². The van der Waals surface area contributed by atoms with Crippen molar-refractivity contribution in [1.29, 1.82) is 0 Å². The zero-order valence-corrected chi connectivity index (χ0v) is 31.5. The second-order valence-electron chi connectivity index (χ2n) is 10.2. The van der Waals surface area contributed by atoms with Gasteiger partial charge in [-0.3, -0.25) is 9.59 Å². The van der Waals surface area contributed by atoms with Crippen LogP contribution in [0.3, 0.4) is 0 Å². The van der Waals surface area contributed by atoms with Crippen molar-refractivity contribution in [2.75, 3.05) is 17.3 Å². The normalized spacial score (nSPS) is 11.3. The molecule has 4 aromatic rings. The predicted octanol–water partition coefficient (Wildman–Crippen LogP) is 8.63. The molecule has 4 rings (SSSR count). The first kappa shape index (κ1) is 33.7. The van der Waals surface area contributed by atoms with Gasteiger partial charge in [-0.1, -0.05) is 48.5 Å². The SMILES string of the molecule is CC(=O)Nc1c(I)c(C(=O)OC(C)(C)c2ccc([S+](c3ccccc3)c3ccccc3)cc2)c(I)c(N(C)C(C)=O)c1I. The Balaban J connectivity index is 1.71. The molecule has 0 fully saturated rings. The van der Waals surface area contributed by atoms with Crippen LogP contribution in [0.2, 0.25) is 0 Å². The fourth-order valence-electron chi connectivity index (χ4n) is 4.42. The maximum Gasteiger partial charge on any atom is 0.341 e. The van der Waals surface area contributed by atoms with E-state index in [1.165, 1.54) is 28.5 Å². The van der Waals surface area contributed by atoms with E-state index in [1.807, 2.05) is 38.1 Å². The molecule has 0 aliphatic rings. The van der Waals surface area contributed by atoms with Crippen LogP contribution in [0, 0.1) is 10.7 Å². The number of halogens is 3. The lowest BCUT2D eigenvalue weighted by Gasteiger charge is -2.28. The van der Waals surface area contributed by atoms with Crippen LogP contribution < -0.4 is 10.2 Å². The molecule has 43 heavy (non-hydrogen) atoms. The van der Waals surface area contributed by atoms with Gasteiger partial charge in [0.15, 0.2) is 14.7 Å². The molecular weight excluding hydrogens is 901 g/mol. The van der Waals surface area contributed by atoms with Crippen molar-refractivity contribution >= 4 is 108 Å². The van der Waals surface area contributed by atoms with Crippen LogP contribution in [0.1, 0.15) is 43.6 Å². The zero-order chi connectivity index (χ0) is 31.5.